The van der Waals surface area contributed by atoms with Gasteiger partial charge in [-0.3, -0.25) is 0 Å². The predicted octanol–water partition coefficient (Wildman–Crippen LogP) is 1.88. The molecule has 108 valence electrons. The molecule has 7 heteroatoms. The minimum absolute atomic E-state index is 0.184. The van der Waals surface area contributed by atoms with Gasteiger partial charge in [0.05, 0.1) is 0 Å². The zero-order chi connectivity index (χ0) is 14.5. The first-order valence-electron chi connectivity index (χ1n) is 6.86. The van der Waals surface area contributed by atoms with Crippen LogP contribution in [0.4, 0.5) is 11.9 Å². The number of nitrogen functional groups attached to an aromatic ring is 1. The maximum Gasteiger partial charge on any atom is 0.257 e. The fourth-order valence-electron chi connectivity index (χ4n) is 1.98. The summed E-state index contributed by atoms with van der Waals surface area (Å²) in [5.74, 6) is 1.74. The minimum Gasteiger partial charge on any atom is -0.368 e. The Morgan fingerprint density at radius 2 is 2.10 bits per heavy atom. The van der Waals surface area contributed by atoms with Gasteiger partial charge in [0.1, 0.15) is 0 Å². The third-order valence-corrected chi connectivity index (χ3v) is 3.18. The molecule has 2 unspecified atom stereocenters. The van der Waals surface area contributed by atoms with Gasteiger partial charge >= 0.3 is 0 Å². The van der Waals surface area contributed by atoms with Crippen molar-refractivity contribution in [2.75, 3.05) is 11.1 Å². The molecule has 0 saturated carbocycles. The molecule has 3 N–H and O–H groups in total. The van der Waals surface area contributed by atoms with Crippen LogP contribution in [0.15, 0.2) is 18.5 Å². The van der Waals surface area contributed by atoms with Crippen molar-refractivity contribution >= 4 is 11.9 Å². The van der Waals surface area contributed by atoms with Gasteiger partial charge in [0.2, 0.25) is 11.9 Å². The molecule has 0 spiro atoms. The van der Waals surface area contributed by atoms with Crippen LogP contribution in [0, 0.1) is 5.92 Å². The molecule has 20 heavy (non-hydrogen) atoms. The van der Waals surface area contributed by atoms with Crippen molar-refractivity contribution in [1.29, 1.82) is 0 Å². The lowest BCUT2D eigenvalue weighted by Gasteiger charge is -2.17. The molecule has 0 saturated heterocycles. The number of aromatic nitrogens is 5. The van der Waals surface area contributed by atoms with Gasteiger partial charge < -0.3 is 11.1 Å². The fourth-order valence-corrected chi connectivity index (χ4v) is 1.98. The van der Waals surface area contributed by atoms with Crippen LogP contribution >= 0.6 is 0 Å². The lowest BCUT2D eigenvalue weighted by atomic mass is 10.0. The molecule has 2 aromatic heterocycles. The maximum absolute atomic E-state index is 5.73. The van der Waals surface area contributed by atoms with Crippen LogP contribution in [0.2, 0.25) is 0 Å². The molecule has 2 atom stereocenters. The van der Waals surface area contributed by atoms with Crippen molar-refractivity contribution in [3.63, 3.8) is 0 Å². The molecule has 2 rings (SSSR count). The van der Waals surface area contributed by atoms with E-state index in [4.69, 9.17) is 5.73 Å². The van der Waals surface area contributed by atoms with Crippen LogP contribution in [0.3, 0.4) is 0 Å². The normalized spacial score (nSPS) is 13.9. The number of nitrogens with zero attached hydrogens (tertiary/aromatic N) is 5. The second-order valence-electron chi connectivity index (χ2n) is 5.06. The van der Waals surface area contributed by atoms with Gasteiger partial charge in [0.15, 0.2) is 0 Å². The van der Waals surface area contributed by atoms with Gasteiger partial charge in [-0.05, 0) is 25.3 Å². The number of nitrogens with one attached hydrogen (secondary N) is 1. The Bertz CT molecular complexity index is 538. The number of hydrogen-bond donors (Lipinski definition) is 2. The Labute approximate surface area is 118 Å². The highest BCUT2D eigenvalue weighted by atomic mass is 15.4. The van der Waals surface area contributed by atoms with E-state index in [1.54, 1.807) is 23.1 Å². The van der Waals surface area contributed by atoms with Crippen molar-refractivity contribution in [2.24, 2.45) is 5.92 Å². The van der Waals surface area contributed by atoms with Crippen LogP contribution in [-0.4, -0.2) is 30.8 Å². The van der Waals surface area contributed by atoms with E-state index in [0.29, 0.717) is 17.8 Å². The molecule has 0 aliphatic heterocycles. The highest BCUT2D eigenvalue weighted by Gasteiger charge is 2.11. The van der Waals surface area contributed by atoms with Crippen molar-refractivity contribution < 1.29 is 0 Å². The van der Waals surface area contributed by atoms with E-state index >= 15 is 0 Å². The van der Waals surface area contributed by atoms with Crippen molar-refractivity contribution in [3.05, 3.63) is 18.5 Å². The molecule has 0 aliphatic rings. The van der Waals surface area contributed by atoms with E-state index in [-0.39, 0.29) is 12.0 Å². The van der Waals surface area contributed by atoms with Crippen molar-refractivity contribution in [3.8, 4) is 5.95 Å². The smallest absolute Gasteiger partial charge is 0.257 e. The number of anilines is 2. The van der Waals surface area contributed by atoms with Gasteiger partial charge in [0, 0.05) is 18.4 Å². The predicted molar refractivity (Wildman–Crippen MR) is 78.5 cm³/mol. The lowest BCUT2D eigenvalue weighted by Crippen LogP contribution is -2.21. The first kappa shape index (κ1) is 14.2. The zero-order valence-electron chi connectivity index (χ0n) is 12.1. The highest BCUT2D eigenvalue weighted by Crippen LogP contribution is 2.13. The summed E-state index contributed by atoms with van der Waals surface area (Å²) in [7, 11) is 0. The Hall–Kier alpha value is -2.18. The van der Waals surface area contributed by atoms with Crippen LogP contribution in [0.1, 0.15) is 33.6 Å². The van der Waals surface area contributed by atoms with Gasteiger partial charge in [-0.2, -0.15) is 20.1 Å². The fraction of sp³-hybridized carbons (Fsp3) is 0.538. The molecule has 7 nitrogen and oxygen atoms in total. The summed E-state index contributed by atoms with van der Waals surface area (Å²) < 4.78 is 1.56. The number of hydrogen-bond acceptors (Lipinski definition) is 6. The summed E-state index contributed by atoms with van der Waals surface area (Å²) in [5.41, 5.74) is 5.73. The first-order valence-corrected chi connectivity index (χ1v) is 6.86. The second kappa shape index (κ2) is 6.31. The third-order valence-electron chi connectivity index (χ3n) is 3.18. The summed E-state index contributed by atoms with van der Waals surface area (Å²) in [5, 5.41) is 7.36. The monoisotopic (exact) mass is 275 g/mol. The quantitative estimate of drug-likeness (QED) is 0.835. The Morgan fingerprint density at radius 1 is 1.30 bits per heavy atom. The van der Waals surface area contributed by atoms with Crippen LogP contribution in [0.25, 0.3) is 5.95 Å². The van der Waals surface area contributed by atoms with Crippen LogP contribution < -0.4 is 11.1 Å². The standard InChI is InChI=1S/C13H21N7/c1-4-9(2)8-10(3)16-12-17-11(14)18-13(19-12)20-7-5-6-15-20/h5-7,9-10H,4,8H2,1-3H3,(H3,14,16,17,18,19). The number of rotatable bonds is 6. The molecule has 2 aromatic rings. The number of nitrogens with two attached hydrogens (primary N) is 1. The van der Waals surface area contributed by atoms with E-state index in [9.17, 15) is 0 Å². The summed E-state index contributed by atoms with van der Waals surface area (Å²) in [4.78, 5) is 12.5. The van der Waals surface area contributed by atoms with Gasteiger partial charge in [-0.1, -0.05) is 20.3 Å². The lowest BCUT2D eigenvalue weighted by molar-refractivity contribution is 0.482. The summed E-state index contributed by atoms with van der Waals surface area (Å²) in [6, 6.07) is 2.08. The summed E-state index contributed by atoms with van der Waals surface area (Å²) >= 11 is 0. The Kier molecular flexibility index (Phi) is 4.49. The van der Waals surface area contributed by atoms with E-state index in [2.05, 4.69) is 46.1 Å². The van der Waals surface area contributed by atoms with E-state index in [0.717, 1.165) is 12.8 Å². The zero-order valence-corrected chi connectivity index (χ0v) is 12.1. The second-order valence-corrected chi connectivity index (χ2v) is 5.06. The average molecular weight is 275 g/mol. The molecule has 0 aromatic carbocycles. The Morgan fingerprint density at radius 3 is 2.75 bits per heavy atom. The van der Waals surface area contributed by atoms with E-state index in [1.807, 2.05) is 0 Å². The summed E-state index contributed by atoms with van der Waals surface area (Å²) in [6.07, 6.45) is 5.64. The maximum atomic E-state index is 5.73. The SMILES string of the molecule is CCC(C)CC(C)Nc1nc(N)nc(-n2cccn2)n1. The molecule has 0 amide bonds. The summed E-state index contributed by atoms with van der Waals surface area (Å²) in [6.45, 7) is 6.53. The molecular weight excluding hydrogens is 254 g/mol. The highest BCUT2D eigenvalue weighted by molar-refractivity contribution is 5.35. The first-order chi connectivity index (χ1) is 9.58. The van der Waals surface area contributed by atoms with Crippen LogP contribution in [-0.2, 0) is 0 Å². The van der Waals surface area contributed by atoms with E-state index < -0.39 is 0 Å². The third kappa shape index (κ3) is 3.66. The Balaban J connectivity index is 2.12. The van der Waals surface area contributed by atoms with Crippen LogP contribution in [0.5, 0.6) is 0 Å². The van der Waals surface area contributed by atoms with Gasteiger partial charge in [-0.15, -0.1) is 0 Å². The molecule has 0 aliphatic carbocycles. The molecule has 2 heterocycles. The molecular formula is C13H21N7. The van der Waals surface area contributed by atoms with Crippen molar-refractivity contribution in [1.82, 2.24) is 24.7 Å². The van der Waals surface area contributed by atoms with Gasteiger partial charge in [-0.25, -0.2) is 4.68 Å². The topological polar surface area (TPSA) is 94.5 Å². The van der Waals surface area contributed by atoms with Gasteiger partial charge in [0.25, 0.3) is 5.95 Å². The average Bonchev–Trinajstić information content (AvgIpc) is 2.91. The molecule has 0 radical (unpaired) electrons. The molecule has 0 fully saturated rings. The largest absolute Gasteiger partial charge is 0.368 e. The molecule has 0 bridgehead atoms. The van der Waals surface area contributed by atoms with E-state index in [1.165, 1.54) is 0 Å². The van der Waals surface area contributed by atoms with Crippen molar-refractivity contribution in [2.45, 2.75) is 39.7 Å². The minimum atomic E-state index is 0.184.